The molecule has 0 bridgehead atoms. The first-order valence-electron chi connectivity index (χ1n) is 6.18. The molecule has 0 fully saturated rings. The molecule has 0 aliphatic carbocycles. The minimum absolute atomic E-state index is 0.0224. The van der Waals surface area contributed by atoms with Gasteiger partial charge in [0.15, 0.2) is 0 Å². The predicted octanol–water partition coefficient (Wildman–Crippen LogP) is 2.63. The fourth-order valence-electron chi connectivity index (χ4n) is 1.59. The second-order valence-electron chi connectivity index (χ2n) is 4.55. The lowest BCUT2D eigenvalue weighted by Gasteiger charge is -2.08. The molecule has 116 valence electrons. The summed E-state index contributed by atoms with van der Waals surface area (Å²) in [6.45, 7) is 0.0224. The minimum atomic E-state index is -3.61. The third-order valence-electron chi connectivity index (χ3n) is 2.80. The van der Waals surface area contributed by atoms with Gasteiger partial charge in [-0.1, -0.05) is 11.6 Å². The topological polar surface area (TPSA) is 83.5 Å². The highest BCUT2D eigenvalue weighted by atomic mass is 35.5. The highest BCUT2D eigenvalue weighted by molar-refractivity contribution is 7.88. The SMILES string of the molecule is CN(C)S(=O)(=O)c1ccc(COc2ccc(C#N)cc2Cl)o1. The smallest absolute Gasteiger partial charge is 0.275 e. The Balaban J connectivity index is 2.11. The summed E-state index contributed by atoms with van der Waals surface area (Å²) in [5, 5.41) is 8.91. The molecule has 6 nitrogen and oxygen atoms in total. The standard InChI is InChI=1S/C14H13ClN2O4S/c1-17(2)22(18,19)14-6-4-11(21-14)9-20-13-5-3-10(8-16)7-12(13)15/h3-7H,9H2,1-2H3. The Morgan fingerprint density at radius 3 is 2.64 bits per heavy atom. The van der Waals surface area contributed by atoms with Gasteiger partial charge in [0.05, 0.1) is 16.7 Å². The van der Waals surface area contributed by atoms with Crippen molar-refractivity contribution in [3.05, 3.63) is 46.7 Å². The van der Waals surface area contributed by atoms with Gasteiger partial charge in [-0.3, -0.25) is 0 Å². The van der Waals surface area contributed by atoms with Gasteiger partial charge in [-0.15, -0.1) is 0 Å². The Bertz CT molecular complexity index is 822. The molecular formula is C14H13ClN2O4S. The summed E-state index contributed by atoms with van der Waals surface area (Å²) in [4.78, 5) is 0. The van der Waals surface area contributed by atoms with Crippen LogP contribution in [-0.4, -0.2) is 26.8 Å². The minimum Gasteiger partial charge on any atom is -0.484 e. The van der Waals surface area contributed by atoms with Crippen molar-refractivity contribution in [2.24, 2.45) is 0 Å². The summed E-state index contributed by atoms with van der Waals surface area (Å²) in [5.41, 5.74) is 0.426. The Hall–Kier alpha value is -2.01. The molecule has 0 saturated carbocycles. The Morgan fingerprint density at radius 2 is 2.05 bits per heavy atom. The van der Waals surface area contributed by atoms with Crippen LogP contribution in [-0.2, 0) is 16.6 Å². The molecule has 8 heteroatoms. The zero-order chi connectivity index (χ0) is 16.3. The summed E-state index contributed by atoms with van der Waals surface area (Å²) < 4.78 is 35.6. The van der Waals surface area contributed by atoms with E-state index in [4.69, 9.17) is 26.0 Å². The van der Waals surface area contributed by atoms with E-state index in [-0.39, 0.29) is 11.7 Å². The quantitative estimate of drug-likeness (QED) is 0.835. The Labute approximate surface area is 133 Å². The number of nitrogens with zero attached hydrogens (tertiary/aromatic N) is 2. The van der Waals surface area contributed by atoms with Crippen molar-refractivity contribution in [3.63, 3.8) is 0 Å². The molecule has 2 rings (SSSR count). The third-order valence-corrected chi connectivity index (χ3v) is 4.79. The fourth-order valence-corrected chi connectivity index (χ4v) is 2.64. The first-order chi connectivity index (χ1) is 10.3. The number of hydrogen-bond acceptors (Lipinski definition) is 5. The van der Waals surface area contributed by atoms with Gasteiger partial charge >= 0.3 is 0 Å². The zero-order valence-electron chi connectivity index (χ0n) is 11.9. The molecule has 0 saturated heterocycles. The molecular weight excluding hydrogens is 328 g/mol. The second-order valence-corrected chi connectivity index (χ2v) is 7.04. The van der Waals surface area contributed by atoms with E-state index in [1.807, 2.05) is 6.07 Å². The van der Waals surface area contributed by atoms with Crippen LogP contribution in [0.3, 0.4) is 0 Å². The van der Waals surface area contributed by atoms with Gasteiger partial charge in [-0.25, -0.2) is 12.7 Å². The maximum Gasteiger partial charge on any atom is 0.275 e. The molecule has 22 heavy (non-hydrogen) atoms. The van der Waals surface area contributed by atoms with Crippen LogP contribution in [0.1, 0.15) is 11.3 Å². The largest absolute Gasteiger partial charge is 0.484 e. The van der Waals surface area contributed by atoms with Crippen LogP contribution in [0.25, 0.3) is 0 Å². The van der Waals surface area contributed by atoms with Gasteiger partial charge in [0, 0.05) is 14.1 Å². The van der Waals surface area contributed by atoms with Crippen molar-refractivity contribution < 1.29 is 17.6 Å². The van der Waals surface area contributed by atoms with Gasteiger partial charge in [-0.2, -0.15) is 5.26 Å². The van der Waals surface area contributed by atoms with Crippen LogP contribution < -0.4 is 4.74 Å². The van der Waals surface area contributed by atoms with E-state index < -0.39 is 10.0 Å². The maximum absolute atomic E-state index is 11.9. The number of hydrogen-bond donors (Lipinski definition) is 0. The van der Waals surface area contributed by atoms with Crippen LogP contribution in [0, 0.1) is 11.3 Å². The Kier molecular flexibility index (Phi) is 4.76. The normalized spacial score (nSPS) is 11.4. The van der Waals surface area contributed by atoms with Gasteiger partial charge in [-0.05, 0) is 30.3 Å². The van der Waals surface area contributed by atoms with Gasteiger partial charge in [0.25, 0.3) is 10.0 Å². The average molecular weight is 341 g/mol. The molecule has 0 radical (unpaired) electrons. The molecule has 0 spiro atoms. The summed E-state index contributed by atoms with van der Waals surface area (Å²) in [5.74, 6) is 0.731. The summed E-state index contributed by atoms with van der Waals surface area (Å²) >= 11 is 5.98. The van der Waals surface area contributed by atoms with Crippen LogP contribution in [0.2, 0.25) is 5.02 Å². The predicted molar refractivity (Wildman–Crippen MR) is 80.1 cm³/mol. The summed E-state index contributed by atoms with van der Waals surface area (Å²) in [7, 11) is -0.765. The lowest BCUT2D eigenvalue weighted by atomic mass is 10.2. The third kappa shape index (κ3) is 3.42. The molecule has 0 unspecified atom stereocenters. The fraction of sp³-hybridized carbons (Fsp3) is 0.214. The van der Waals surface area contributed by atoms with Crippen molar-refractivity contribution in [1.29, 1.82) is 5.26 Å². The molecule has 1 aromatic heterocycles. The summed E-state index contributed by atoms with van der Waals surface area (Å²) in [6.07, 6.45) is 0. The number of ether oxygens (including phenoxy) is 1. The Morgan fingerprint density at radius 1 is 1.32 bits per heavy atom. The van der Waals surface area contributed by atoms with Crippen LogP contribution >= 0.6 is 11.6 Å². The van der Waals surface area contributed by atoms with E-state index in [0.717, 1.165) is 4.31 Å². The lowest BCUT2D eigenvalue weighted by Crippen LogP contribution is -2.21. The molecule has 1 aromatic carbocycles. The number of halogens is 1. The molecule has 0 aliphatic rings. The van der Waals surface area contributed by atoms with Gasteiger partial charge in [0.2, 0.25) is 5.09 Å². The van der Waals surface area contributed by atoms with Gasteiger partial charge in [0.1, 0.15) is 18.1 Å². The molecule has 0 aliphatic heterocycles. The lowest BCUT2D eigenvalue weighted by molar-refractivity contribution is 0.257. The van der Waals surface area contributed by atoms with Crippen molar-refractivity contribution in [3.8, 4) is 11.8 Å². The maximum atomic E-state index is 11.9. The van der Waals surface area contributed by atoms with Crippen LogP contribution in [0.4, 0.5) is 0 Å². The highest BCUT2D eigenvalue weighted by Gasteiger charge is 2.21. The van der Waals surface area contributed by atoms with Crippen LogP contribution in [0.15, 0.2) is 39.8 Å². The molecule has 2 aromatic rings. The van der Waals surface area contributed by atoms with E-state index in [9.17, 15) is 8.42 Å². The molecule has 0 N–H and O–H groups in total. The molecule has 0 atom stereocenters. The first kappa shape index (κ1) is 16.4. The number of sulfonamides is 1. The molecule has 0 amide bonds. The van der Waals surface area contributed by atoms with Crippen molar-refractivity contribution >= 4 is 21.6 Å². The number of benzene rings is 1. The van der Waals surface area contributed by atoms with Crippen molar-refractivity contribution in [1.82, 2.24) is 4.31 Å². The van der Waals surface area contributed by atoms with E-state index >= 15 is 0 Å². The average Bonchev–Trinajstić information content (AvgIpc) is 2.95. The number of furan rings is 1. The van der Waals surface area contributed by atoms with Crippen molar-refractivity contribution in [2.75, 3.05) is 14.1 Å². The van der Waals surface area contributed by atoms with Crippen molar-refractivity contribution in [2.45, 2.75) is 11.7 Å². The number of rotatable bonds is 5. The van der Waals surface area contributed by atoms with E-state index in [1.54, 1.807) is 12.1 Å². The number of nitriles is 1. The monoisotopic (exact) mass is 340 g/mol. The van der Waals surface area contributed by atoms with E-state index in [0.29, 0.717) is 22.1 Å². The summed E-state index contributed by atoms with van der Waals surface area (Å²) in [6, 6.07) is 9.49. The van der Waals surface area contributed by atoms with E-state index in [2.05, 4.69) is 0 Å². The highest BCUT2D eigenvalue weighted by Crippen LogP contribution is 2.26. The zero-order valence-corrected chi connectivity index (χ0v) is 13.5. The van der Waals surface area contributed by atoms with E-state index in [1.165, 1.54) is 32.3 Å². The van der Waals surface area contributed by atoms with Gasteiger partial charge < -0.3 is 9.15 Å². The van der Waals surface area contributed by atoms with Crippen LogP contribution in [0.5, 0.6) is 5.75 Å². The first-order valence-corrected chi connectivity index (χ1v) is 8.00. The molecule has 1 heterocycles. The second kappa shape index (κ2) is 6.40.